The van der Waals surface area contributed by atoms with E-state index in [0.717, 1.165) is 32.3 Å². The van der Waals surface area contributed by atoms with Gasteiger partial charge in [-0.15, -0.1) is 0 Å². The number of hydrogen-bond donors (Lipinski definition) is 2. The molecule has 0 saturated carbocycles. The molecule has 4 nitrogen and oxygen atoms in total. The zero-order valence-corrected chi connectivity index (χ0v) is 11.1. The highest BCUT2D eigenvalue weighted by Crippen LogP contribution is 2.23. The molecule has 1 heterocycles. The fourth-order valence-corrected chi connectivity index (χ4v) is 2.23. The maximum atomic E-state index is 11.8. The molecule has 17 heavy (non-hydrogen) atoms. The van der Waals surface area contributed by atoms with E-state index in [1.165, 1.54) is 0 Å². The van der Waals surface area contributed by atoms with Gasteiger partial charge in [-0.05, 0) is 37.6 Å². The van der Waals surface area contributed by atoms with E-state index in [-0.39, 0.29) is 17.4 Å². The summed E-state index contributed by atoms with van der Waals surface area (Å²) in [5, 5.41) is 3.00. The van der Waals surface area contributed by atoms with Crippen molar-refractivity contribution in [2.24, 2.45) is 11.1 Å². The third-order valence-corrected chi connectivity index (χ3v) is 4.03. The van der Waals surface area contributed by atoms with Crippen LogP contribution in [0.3, 0.4) is 0 Å². The van der Waals surface area contributed by atoms with Crippen LogP contribution in [0.2, 0.25) is 0 Å². The van der Waals surface area contributed by atoms with E-state index in [9.17, 15) is 4.79 Å². The average molecular weight is 242 g/mol. The van der Waals surface area contributed by atoms with Crippen molar-refractivity contribution in [2.45, 2.75) is 52.1 Å². The lowest BCUT2D eigenvalue weighted by molar-refractivity contribution is -0.123. The van der Waals surface area contributed by atoms with Crippen LogP contribution < -0.4 is 11.1 Å². The number of rotatable bonds is 7. The molecule has 0 bridgehead atoms. The molecule has 0 radical (unpaired) electrons. The van der Waals surface area contributed by atoms with E-state index in [4.69, 9.17) is 10.5 Å². The topological polar surface area (TPSA) is 64.3 Å². The number of nitrogens with one attached hydrogen (secondary N) is 1. The molecule has 0 aromatic heterocycles. The third kappa shape index (κ3) is 4.28. The molecule has 3 N–H and O–H groups in total. The second-order valence-electron chi connectivity index (χ2n) is 5.03. The predicted molar refractivity (Wildman–Crippen MR) is 68.7 cm³/mol. The quantitative estimate of drug-likeness (QED) is 0.710. The Bertz CT molecular complexity index is 225. The first kappa shape index (κ1) is 14.5. The number of ether oxygens (including phenoxy) is 1. The molecule has 1 fully saturated rings. The largest absolute Gasteiger partial charge is 0.378 e. The Balaban J connectivity index is 2.30. The second kappa shape index (κ2) is 6.97. The van der Waals surface area contributed by atoms with Gasteiger partial charge >= 0.3 is 0 Å². The molecule has 1 aliphatic heterocycles. The van der Waals surface area contributed by atoms with E-state index < -0.39 is 0 Å². The molecule has 1 rings (SSSR count). The van der Waals surface area contributed by atoms with Crippen molar-refractivity contribution in [3.63, 3.8) is 0 Å². The first-order valence-corrected chi connectivity index (χ1v) is 6.74. The van der Waals surface area contributed by atoms with Gasteiger partial charge in [-0.3, -0.25) is 4.79 Å². The molecule has 0 aromatic carbocycles. The van der Waals surface area contributed by atoms with Gasteiger partial charge in [-0.2, -0.15) is 0 Å². The lowest BCUT2D eigenvalue weighted by atomic mass is 9.82. The number of nitrogens with two attached hydrogens (primary N) is 1. The molecule has 0 aromatic rings. The van der Waals surface area contributed by atoms with Crippen LogP contribution in [0, 0.1) is 5.41 Å². The zero-order chi connectivity index (χ0) is 12.7. The van der Waals surface area contributed by atoms with E-state index in [0.29, 0.717) is 19.5 Å². The van der Waals surface area contributed by atoms with Crippen molar-refractivity contribution in [1.82, 2.24) is 5.32 Å². The van der Waals surface area contributed by atoms with Gasteiger partial charge in [0.05, 0.1) is 12.5 Å². The summed E-state index contributed by atoms with van der Waals surface area (Å²) in [4.78, 5) is 11.8. The van der Waals surface area contributed by atoms with Crippen molar-refractivity contribution < 1.29 is 9.53 Å². The normalized spacial score (nSPS) is 20.5. The van der Waals surface area contributed by atoms with Gasteiger partial charge in [-0.25, -0.2) is 0 Å². The number of carbonyl (C=O) groups is 1. The Morgan fingerprint density at radius 1 is 1.47 bits per heavy atom. The smallest absolute Gasteiger partial charge is 0.222 e. The van der Waals surface area contributed by atoms with E-state index in [2.05, 4.69) is 19.2 Å². The van der Waals surface area contributed by atoms with Crippen LogP contribution in [-0.4, -0.2) is 31.7 Å². The SMILES string of the molecule is CCC(CC)(CN)CNC(=O)CC1CCCO1. The van der Waals surface area contributed by atoms with E-state index in [1.807, 2.05) is 0 Å². The van der Waals surface area contributed by atoms with Crippen LogP contribution in [-0.2, 0) is 9.53 Å². The van der Waals surface area contributed by atoms with Crippen LogP contribution >= 0.6 is 0 Å². The zero-order valence-electron chi connectivity index (χ0n) is 11.1. The van der Waals surface area contributed by atoms with Crippen molar-refractivity contribution in [3.05, 3.63) is 0 Å². The summed E-state index contributed by atoms with van der Waals surface area (Å²) in [5.41, 5.74) is 5.86. The fraction of sp³-hybridized carbons (Fsp3) is 0.923. The summed E-state index contributed by atoms with van der Waals surface area (Å²) in [6, 6.07) is 0. The molecule has 0 aliphatic carbocycles. The van der Waals surface area contributed by atoms with Gasteiger partial charge in [0, 0.05) is 13.2 Å². The summed E-state index contributed by atoms with van der Waals surface area (Å²) < 4.78 is 5.45. The molecule has 1 saturated heterocycles. The van der Waals surface area contributed by atoms with Crippen molar-refractivity contribution in [3.8, 4) is 0 Å². The molecule has 1 unspecified atom stereocenters. The Morgan fingerprint density at radius 3 is 2.65 bits per heavy atom. The summed E-state index contributed by atoms with van der Waals surface area (Å²) in [7, 11) is 0. The summed E-state index contributed by atoms with van der Waals surface area (Å²) in [6.45, 7) is 6.36. The van der Waals surface area contributed by atoms with Crippen molar-refractivity contribution >= 4 is 5.91 Å². The fourth-order valence-electron chi connectivity index (χ4n) is 2.23. The molecular formula is C13H26N2O2. The van der Waals surface area contributed by atoms with Gasteiger partial charge in [0.15, 0.2) is 0 Å². The number of carbonyl (C=O) groups excluding carboxylic acids is 1. The highest BCUT2D eigenvalue weighted by Gasteiger charge is 2.26. The maximum Gasteiger partial charge on any atom is 0.222 e. The monoisotopic (exact) mass is 242 g/mol. The minimum absolute atomic E-state index is 0.0617. The van der Waals surface area contributed by atoms with E-state index >= 15 is 0 Å². The van der Waals surface area contributed by atoms with Crippen molar-refractivity contribution in [1.29, 1.82) is 0 Å². The Hall–Kier alpha value is -0.610. The highest BCUT2D eigenvalue weighted by molar-refractivity contribution is 5.76. The Morgan fingerprint density at radius 2 is 2.18 bits per heavy atom. The van der Waals surface area contributed by atoms with Crippen LogP contribution in [0.5, 0.6) is 0 Å². The van der Waals surface area contributed by atoms with Gasteiger partial charge < -0.3 is 15.8 Å². The molecule has 1 aliphatic rings. The number of hydrogen-bond acceptors (Lipinski definition) is 3. The first-order valence-electron chi connectivity index (χ1n) is 6.74. The predicted octanol–water partition coefficient (Wildman–Crippen LogP) is 1.44. The number of amides is 1. The average Bonchev–Trinajstić information content (AvgIpc) is 2.84. The van der Waals surface area contributed by atoms with Crippen LogP contribution in [0.1, 0.15) is 46.0 Å². The van der Waals surface area contributed by atoms with Gasteiger partial charge in [0.2, 0.25) is 5.91 Å². The molecule has 1 atom stereocenters. The maximum absolute atomic E-state index is 11.8. The Labute approximate surface area is 104 Å². The Kier molecular flexibility index (Phi) is 5.92. The molecule has 4 heteroatoms. The standard InChI is InChI=1S/C13H26N2O2/c1-3-13(4-2,9-14)10-15-12(16)8-11-6-5-7-17-11/h11H,3-10,14H2,1-2H3,(H,15,16). The molecule has 100 valence electrons. The minimum atomic E-state index is 0.0617. The third-order valence-electron chi connectivity index (χ3n) is 4.03. The molecular weight excluding hydrogens is 216 g/mol. The van der Waals surface area contributed by atoms with Crippen LogP contribution in [0.15, 0.2) is 0 Å². The lowest BCUT2D eigenvalue weighted by Crippen LogP contribution is -2.42. The minimum Gasteiger partial charge on any atom is -0.378 e. The highest BCUT2D eigenvalue weighted by atomic mass is 16.5. The van der Waals surface area contributed by atoms with Gasteiger partial charge in [0.25, 0.3) is 0 Å². The lowest BCUT2D eigenvalue weighted by Gasteiger charge is -2.30. The summed E-state index contributed by atoms with van der Waals surface area (Å²) in [5.74, 6) is 0.0941. The van der Waals surface area contributed by atoms with Crippen LogP contribution in [0.25, 0.3) is 0 Å². The second-order valence-corrected chi connectivity index (χ2v) is 5.03. The van der Waals surface area contributed by atoms with Crippen LogP contribution in [0.4, 0.5) is 0 Å². The van der Waals surface area contributed by atoms with Gasteiger partial charge in [-0.1, -0.05) is 13.8 Å². The first-order chi connectivity index (χ1) is 8.15. The van der Waals surface area contributed by atoms with Gasteiger partial charge in [0.1, 0.15) is 0 Å². The summed E-state index contributed by atoms with van der Waals surface area (Å²) in [6.07, 6.45) is 4.71. The van der Waals surface area contributed by atoms with Crippen molar-refractivity contribution in [2.75, 3.05) is 19.7 Å². The summed E-state index contributed by atoms with van der Waals surface area (Å²) >= 11 is 0. The molecule has 1 amide bonds. The van der Waals surface area contributed by atoms with E-state index in [1.54, 1.807) is 0 Å². The molecule has 0 spiro atoms.